The van der Waals surface area contributed by atoms with E-state index in [4.69, 9.17) is 4.74 Å². The highest BCUT2D eigenvalue weighted by atomic mass is 16.6. The molecule has 0 aliphatic carbocycles. The molecule has 1 aromatic carbocycles. The van der Waals surface area contributed by atoms with E-state index >= 15 is 0 Å². The Morgan fingerprint density at radius 1 is 1.22 bits per heavy atom. The van der Waals surface area contributed by atoms with Crippen molar-refractivity contribution in [2.24, 2.45) is 0 Å². The lowest BCUT2D eigenvalue weighted by molar-refractivity contribution is -0.0508. The molecule has 1 fully saturated rings. The molecule has 0 unspecified atom stereocenters. The highest BCUT2D eigenvalue weighted by Gasteiger charge is 2.43. The quantitative estimate of drug-likeness (QED) is 0.620. The van der Waals surface area contributed by atoms with E-state index in [9.17, 15) is 15.3 Å². The highest BCUT2D eigenvalue weighted by molar-refractivity contribution is 5.77. The van der Waals surface area contributed by atoms with Crippen molar-refractivity contribution >= 4 is 11.0 Å². The highest BCUT2D eigenvalue weighted by Crippen LogP contribution is 2.32. The Labute approximate surface area is 131 Å². The minimum Gasteiger partial charge on any atom is -0.394 e. The second kappa shape index (κ2) is 5.43. The lowest BCUT2D eigenvalue weighted by Gasteiger charge is -2.17. The maximum absolute atomic E-state index is 10.1. The Morgan fingerprint density at radius 2 is 2.09 bits per heavy atom. The van der Waals surface area contributed by atoms with Crippen molar-refractivity contribution < 1.29 is 20.1 Å². The Balaban J connectivity index is 1.72. The van der Waals surface area contributed by atoms with Crippen LogP contribution in [-0.4, -0.2) is 59.6 Å². The average Bonchev–Trinajstić information content (AvgIpc) is 3.28. The number of nitrogens with zero attached hydrogens (tertiary/aromatic N) is 4. The molecule has 1 aliphatic rings. The first-order valence-corrected chi connectivity index (χ1v) is 7.28. The first-order valence-electron chi connectivity index (χ1n) is 7.28. The summed E-state index contributed by atoms with van der Waals surface area (Å²) in [5.74, 6) is 0. The van der Waals surface area contributed by atoms with Gasteiger partial charge in [-0.3, -0.25) is 0 Å². The first-order chi connectivity index (χ1) is 11.2. The maximum Gasteiger partial charge on any atom is 0.164 e. The van der Waals surface area contributed by atoms with Gasteiger partial charge in [0.25, 0.3) is 0 Å². The van der Waals surface area contributed by atoms with Crippen LogP contribution >= 0.6 is 0 Å². The van der Waals surface area contributed by atoms with Crippen LogP contribution in [0.1, 0.15) is 6.23 Å². The monoisotopic (exact) mass is 316 g/mol. The number of ether oxygens (including phenoxy) is 1. The van der Waals surface area contributed by atoms with Gasteiger partial charge < -0.3 is 24.6 Å². The smallest absolute Gasteiger partial charge is 0.164 e. The first kappa shape index (κ1) is 14.3. The summed E-state index contributed by atoms with van der Waals surface area (Å²) in [5, 5.41) is 33.4. The molecule has 0 saturated carbocycles. The molecule has 3 heterocycles. The molecule has 2 aromatic heterocycles. The van der Waals surface area contributed by atoms with Crippen LogP contribution in [0.4, 0.5) is 0 Å². The Bertz CT molecular complexity index is 816. The lowest BCUT2D eigenvalue weighted by Crippen LogP contribution is -2.33. The molecule has 0 radical (unpaired) electrons. The summed E-state index contributed by atoms with van der Waals surface area (Å²) in [6.45, 7) is -0.356. The summed E-state index contributed by atoms with van der Waals surface area (Å²) in [6, 6.07) is 7.45. The van der Waals surface area contributed by atoms with Crippen LogP contribution in [-0.2, 0) is 4.74 Å². The molecule has 23 heavy (non-hydrogen) atoms. The number of hydrogen-bond acceptors (Lipinski definition) is 6. The molecule has 0 amide bonds. The third kappa shape index (κ3) is 2.23. The second-order valence-corrected chi connectivity index (χ2v) is 5.50. The van der Waals surface area contributed by atoms with E-state index in [0.29, 0.717) is 0 Å². The predicted octanol–water partition coefficient (Wildman–Crippen LogP) is -0.166. The van der Waals surface area contributed by atoms with Gasteiger partial charge in [0.05, 0.1) is 29.7 Å². The summed E-state index contributed by atoms with van der Waals surface area (Å²) >= 11 is 0. The van der Waals surface area contributed by atoms with Crippen LogP contribution in [0.5, 0.6) is 0 Å². The van der Waals surface area contributed by atoms with Crippen LogP contribution in [0, 0.1) is 0 Å². The van der Waals surface area contributed by atoms with Crippen LogP contribution in [0.15, 0.2) is 43.0 Å². The van der Waals surface area contributed by atoms with Gasteiger partial charge in [0, 0.05) is 12.4 Å². The molecule has 1 saturated heterocycles. The number of hydrogen-bond donors (Lipinski definition) is 3. The minimum absolute atomic E-state index is 0.356. The second-order valence-electron chi connectivity index (χ2n) is 5.50. The Hall–Kier alpha value is -2.26. The number of imidazole rings is 1. The fourth-order valence-corrected chi connectivity index (χ4v) is 2.90. The third-order valence-electron chi connectivity index (χ3n) is 4.12. The Morgan fingerprint density at radius 3 is 2.78 bits per heavy atom. The molecule has 0 bridgehead atoms. The summed E-state index contributed by atoms with van der Waals surface area (Å²) in [5.41, 5.74) is 2.35. The zero-order valence-electron chi connectivity index (χ0n) is 12.1. The average molecular weight is 316 g/mol. The van der Waals surface area contributed by atoms with E-state index in [1.54, 1.807) is 21.8 Å². The number of benzene rings is 1. The van der Waals surface area contributed by atoms with Gasteiger partial charge in [0.15, 0.2) is 6.23 Å². The number of fused-ring (bicyclic) bond motifs is 1. The number of aliphatic hydroxyl groups excluding tert-OH is 3. The van der Waals surface area contributed by atoms with Crippen molar-refractivity contribution in [2.75, 3.05) is 6.61 Å². The molecule has 1 aliphatic heterocycles. The lowest BCUT2D eigenvalue weighted by atomic mass is 10.1. The summed E-state index contributed by atoms with van der Waals surface area (Å²) < 4.78 is 8.93. The third-order valence-corrected chi connectivity index (χ3v) is 4.12. The van der Waals surface area contributed by atoms with Gasteiger partial charge >= 0.3 is 0 Å². The van der Waals surface area contributed by atoms with E-state index in [1.807, 2.05) is 30.5 Å². The summed E-state index contributed by atoms with van der Waals surface area (Å²) in [6.07, 6.45) is 1.23. The topological polar surface area (TPSA) is 106 Å². The normalized spacial score (nSPS) is 27.8. The molecule has 8 heteroatoms. The van der Waals surface area contributed by atoms with Gasteiger partial charge in [0.1, 0.15) is 18.3 Å². The summed E-state index contributed by atoms with van der Waals surface area (Å²) in [4.78, 5) is 4.33. The standard InChI is InChI=1S/C15H16N4O4/c20-7-12-13(21)14(22)15(23-12)18-8-16-10-6-9(2-3-11(10)18)19-5-1-4-17-19/h1-6,8,12-15,20-22H,7H2/t12-,13-,14-,15-/m1/s1. The van der Waals surface area contributed by atoms with Gasteiger partial charge in [-0.1, -0.05) is 0 Å². The molecule has 4 rings (SSSR count). The van der Waals surface area contributed by atoms with Gasteiger partial charge in [-0.25, -0.2) is 9.67 Å². The largest absolute Gasteiger partial charge is 0.394 e. The van der Waals surface area contributed by atoms with Crippen molar-refractivity contribution in [3.63, 3.8) is 0 Å². The zero-order valence-corrected chi connectivity index (χ0v) is 12.1. The minimum atomic E-state index is -1.13. The van der Waals surface area contributed by atoms with Crippen molar-refractivity contribution in [1.82, 2.24) is 19.3 Å². The van der Waals surface area contributed by atoms with Crippen molar-refractivity contribution in [2.45, 2.75) is 24.5 Å². The van der Waals surface area contributed by atoms with Crippen molar-refractivity contribution in [3.05, 3.63) is 43.0 Å². The van der Waals surface area contributed by atoms with Gasteiger partial charge in [0.2, 0.25) is 0 Å². The van der Waals surface area contributed by atoms with Gasteiger partial charge in [-0.15, -0.1) is 0 Å². The molecular weight excluding hydrogens is 300 g/mol. The number of aromatic nitrogens is 4. The van der Waals surface area contributed by atoms with Gasteiger partial charge in [-0.2, -0.15) is 5.10 Å². The van der Waals surface area contributed by atoms with E-state index in [0.717, 1.165) is 16.7 Å². The Kier molecular flexibility index (Phi) is 3.38. The van der Waals surface area contributed by atoms with Crippen LogP contribution < -0.4 is 0 Å². The number of aliphatic hydroxyl groups is 3. The fourth-order valence-electron chi connectivity index (χ4n) is 2.90. The van der Waals surface area contributed by atoms with E-state index in [2.05, 4.69) is 10.1 Å². The van der Waals surface area contributed by atoms with Gasteiger partial charge in [-0.05, 0) is 24.3 Å². The fraction of sp³-hybridized carbons (Fsp3) is 0.333. The van der Waals surface area contributed by atoms with Crippen molar-refractivity contribution in [1.29, 1.82) is 0 Å². The molecule has 3 N–H and O–H groups in total. The molecule has 0 spiro atoms. The van der Waals surface area contributed by atoms with Crippen LogP contribution in [0.3, 0.4) is 0 Å². The molecule has 120 valence electrons. The van der Waals surface area contributed by atoms with Crippen molar-refractivity contribution in [3.8, 4) is 5.69 Å². The van der Waals surface area contributed by atoms with Crippen LogP contribution in [0.25, 0.3) is 16.7 Å². The molecule has 8 nitrogen and oxygen atoms in total. The maximum atomic E-state index is 10.1. The SMILES string of the molecule is OC[C@H]1O[C@@H](n2cnc3cc(-n4cccn4)ccc32)[C@H](O)[C@@H]1O. The number of rotatable bonds is 3. The molecule has 4 atom stereocenters. The van der Waals surface area contributed by atoms with Crippen LogP contribution in [0.2, 0.25) is 0 Å². The zero-order chi connectivity index (χ0) is 16.0. The molecule has 3 aromatic rings. The van der Waals surface area contributed by atoms with E-state index < -0.39 is 24.5 Å². The predicted molar refractivity (Wildman–Crippen MR) is 79.9 cm³/mol. The summed E-state index contributed by atoms with van der Waals surface area (Å²) in [7, 11) is 0. The molecular formula is C15H16N4O4. The van der Waals surface area contributed by atoms with E-state index in [-0.39, 0.29) is 6.61 Å². The van der Waals surface area contributed by atoms with E-state index in [1.165, 1.54) is 0 Å².